The van der Waals surface area contributed by atoms with Crippen LogP contribution in [-0.4, -0.2) is 73.3 Å². The molecule has 0 aliphatic carbocycles. The second kappa shape index (κ2) is 5.90. The number of carbonyl (C=O) groups is 1. The largest absolute Gasteiger partial charge is 0.378 e. The molecule has 2 aliphatic heterocycles. The summed E-state index contributed by atoms with van der Waals surface area (Å²) < 4.78 is 19.0. The van der Waals surface area contributed by atoms with Gasteiger partial charge >= 0.3 is 0 Å². The maximum atomic E-state index is 13.9. The van der Waals surface area contributed by atoms with E-state index in [4.69, 9.17) is 4.74 Å². The van der Waals surface area contributed by atoms with E-state index in [2.05, 4.69) is 15.3 Å². The number of amides is 1. The normalized spacial score (nSPS) is 19.5. The fourth-order valence-electron chi connectivity index (χ4n) is 2.43. The van der Waals surface area contributed by atoms with Crippen molar-refractivity contribution in [3.8, 4) is 0 Å². The highest BCUT2D eigenvalue weighted by atomic mass is 19.1. The molecule has 1 aromatic rings. The van der Waals surface area contributed by atoms with Crippen LogP contribution in [0.25, 0.3) is 0 Å². The highest BCUT2D eigenvalue weighted by molar-refractivity contribution is 5.93. The Labute approximate surface area is 122 Å². The zero-order valence-corrected chi connectivity index (χ0v) is 11.9. The van der Waals surface area contributed by atoms with Crippen LogP contribution in [0.4, 0.5) is 10.3 Å². The van der Waals surface area contributed by atoms with Gasteiger partial charge in [-0.2, -0.15) is 0 Å². The van der Waals surface area contributed by atoms with Crippen molar-refractivity contribution in [2.24, 2.45) is 0 Å². The molecule has 7 nitrogen and oxygen atoms in total. The Hall–Kier alpha value is -1.80. The Balaban J connectivity index is 1.76. The number of anilines is 1. The minimum Gasteiger partial charge on any atom is -0.378 e. The first-order valence-corrected chi connectivity index (χ1v) is 6.99. The van der Waals surface area contributed by atoms with Crippen molar-refractivity contribution in [1.29, 1.82) is 0 Å². The maximum absolute atomic E-state index is 13.9. The highest BCUT2D eigenvalue weighted by Gasteiger charge is 2.33. The van der Waals surface area contributed by atoms with Gasteiger partial charge < -0.3 is 19.9 Å². The first-order chi connectivity index (χ1) is 10.2. The van der Waals surface area contributed by atoms with Gasteiger partial charge in [0.15, 0.2) is 11.5 Å². The summed E-state index contributed by atoms with van der Waals surface area (Å²) >= 11 is 0. The van der Waals surface area contributed by atoms with Crippen LogP contribution in [0.15, 0.2) is 6.20 Å². The Morgan fingerprint density at radius 3 is 2.81 bits per heavy atom. The molecule has 0 bridgehead atoms. The number of halogens is 1. The van der Waals surface area contributed by atoms with Crippen LogP contribution < -0.4 is 10.2 Å². The van der Waals surface area contributed by atoms with Crippen LogP contribution in [0.1, 0.15) is 10.5 Å². The predicted molar refractivity (Wildman–Crippen MR) is 73.8 cm³/mol. The summed E-state index contributed by atoms with van der Waals surface area (Å²) in [5.74, 6) is -0.676. The van der Waals surface area contributed by atoms with Gasteiger partial charge in [0, 0.05) is 46.4 Å². The first kappa shape index (κ1) is 14.2. The molecule has 1 amide bonds. The molecule has 0 aromatic carbocycles. The lowest BCUT2D eigenvalue weighted by Gasteiger charge is -2.37. The summed E-state index contributed by atoms with van der Waals surface area (Å²) in [6, 6.07) is 0. The molecular weight excluding hydrogens is 277 g/mol. The number of aromatic nitrogens is 2. The van der Waals surface area contributed by atoms with E-state index in [9.17, 15) is 9.18 Å². The Kier molecular flexibility index (Phi) is 3.98. The third kappa shape index (κ3) is 2.81. The summed E-state index contributed by atoms with van der Waals surface area (Å²) in [5.41, 5.74) is -0.159. The van der Waals surface area contributed by atoms with E-state index < -0.39 is 11.7 Å². The maximum Gasteiger partial charge on any atom is 0.275 e. The van der Waals surface area contributed by atoms with E-state index in [1.54, 1.807) is 7.11 Å². The number of carbonyl (C=O) groups excluding carboxylic acids is 1. The SMILES string of the molecule is COC1CN(C(=O)c2nc(N3CCNCC3)ncc2F)C1. The summed E-state index contributed by atoms with van der Waals surface area (Å²) in [7, 11) is 1.60. The number of piperazine rings is 1. The van der Waals surface area contributed by atoms with Gasteiger partial charge in [0.25, 0.3) is 5.91 Å². The quantitative estimate of drug-likeness (QED) is 0.810. The van der Waals surface area contributed by atoms with Crippen LogP contribution in [0.3, 0.4) is 0 Å². The molecule has 1 N–H and O–H groups in total. The summed E-state index contributed by atoms with van der Waals surface area (Å²) in [6.45, 7) is 4.09. The van der Waals surface area contributed by atoms with Crippen molar-refractivity contribution in [3.63, 3.8) is 0 Å². The Morgan fingerprint density at radius 2 is 2.14 bits per heavy atom. The van der Waals surface area contributed by atoms with E-state index in [-0.39, 0.29) is 11.8 Å². The number of hydrogen-bond donors (Lipinski definition) is 1. The number of methoxy groups -OCH3 is 1. The molecule has 0 radical (unpaired) electrons. The van der Waals surface area contributed by atoms with Gasteiger partial charge in [-0.25, -0.2) is 14.4 Å². The summed E-state index contributed by atoms with van der Waals surface area (Å²) in [5, 5.41) is 3.22. The topological polar surface area (TPSA) is 70.6 Å². The van der Waals surface area contributed by atoms with Crippen molar-refractivity contribution in [2.45, 2.75) is 6.10 Å². The van der Waals surface area contributed by atoms with Gasteiger partial charge in [-0.05, 0) is 0 Å². The lowest BCUT2D eigenvalue weighted by Crippen LogP contribution is -2.54. The number of ether oxygens (including phenoxy) is 1. The third-order valence-electron chi connectivity index (χ3n) is 3.80. The lowest BCUT2D eigenvalue weighted by molar-refractivity contribution is -0.0197. The minimum absolute atomic E-state index is 0.0338. The van der Waals surface area contributed by atoms with Crippen molar-refractivity contribution in [2.75, 3.05) is 51.3 Å². The molecule has 1 aromatic heterocycles. The fraction of sp³-hybridized carbons (Fsp3) is 0.615. The minimum atomic E-state index is -0.681. The first-order valence-electron chi connectivity index (χ1n) is 6.99. The van der Waals surface area contributed by atoms with E-state index in [0.29, 0.717) is 19.0 Å². The van der Waals surface area contributed by atoms with Crippen molar-refractivity contribution >= 4 is 11.9 Å². The second-order valence-corrected chi connectivity index (χ2v) is 5.17. The van der Waals surface area contributed by atoms with E-state index in [0.717, 1.165) is 32.4 Å². The predicted octanol–water partition coefficient (Wildman–Crippen LogP) is -0.504. The van der Waals surface area contributed by atoms with E-state index in [1.165, 1.54) is 4.90 Å². The smallest absolute Gasteiger partial charge is 0.275 e. The molecule has 114 valence electrons. The van der Waals surface area contributed by atoms with Crippen LogP contribution >= 0.6 is 0 Å². The molecule has 0 spiro atoms. The van der Waals surface area contributed by atoms with Crippen molar-refractivity contribution in [1.82, 2.24) is 20.2 Å². The second-order valence-electron chi connectivity index (χ2n) is 5.17. The van der Waals surface area contributed by atoms with Gasteiger partial charge in [0.1, 0.15) is 0 Å². The third-order valence-corrected chi connectivity index (χ3v) is 3.80. The molecule has 0 unspecified atom stereocenters. The Morgan fingerprint density at radius 1 is 1.43 bits per heavy atom. The van der Waals surface area contributed by atoms with E-state index >= 15 is 0 Å². The molecule has 3 heterocycles. The zero-order chi connectivity index (χ0) is 14.8. The van der Waals surface area contributed by atoms with Crippen molar-refractivity contribution in [3.05, 3.63) is 17.7 Å². The van der Waals surface area contributed by atoms with Crippen LogP contribution in [-0.2, 0) is 4.74 Å². The number of nitrogens with one attached hydrogen (secondary N) is 1. The average molecular weight is 295 g/mol. The summed E-state index contributed by atoms with van der Waals surface area (Å²) in [4.78, 5) is 23.9. The van der Waals surface area contributed by atoms with Gasteiger partial charge in [0.05, 0.1) is 12.3 Å². The van der Waals surface area contributed by atoms with Gasteiger partial charge in [0.2, 0.25) is 5.95 Å². The fourth-order valence-corrected chi connectivity index (χ4v) is 2.43. The van der Waals surface area contributed by atoms with Gasteiger partial charge in [-0.15, -0.1) is 0 Å². The lowest BCUT2D eigenvalue weighted by atomic mass is 10.1. The zero-order valence-electron chi connectivity index (χ0n) is 11.9. The standard InChI is InChI=1S/C13H18FN5O2/c1-21-9-7-19(8-9)12(20)11-10(14)6-16-13(17-11)18-4-2-15-3-5-18/h6,9,15H,2-5,7-8H2,1H3. The van der Waals surface area contributed by atoms with Crippen LogP contribution in [0.2, 0.25) is 0 Å². The molecule has 3 rings (SSSR count). The van der Waals surface area contributed by atoms with Crippen LogP contribution in [0, 0.1) is 5.82 Å². The van der Waals surface area contributed by atoms with Crippen molar-refractivity contribution < 1.29 is 13.9 Å². The number of nitrogens with zero attached hydrogens (tertiary/aromatic N) is 4. The van der Waals surface area contributed by atoms with E-state index in [1.807, 2.05) is 4.90 Å². The molecular formula is C13H18FN5O2. The molecule has 21 heavy (non-hydrogen) atoms. The number of rotatable bonds is 3. The molecule has 8 heteroatoms. The molecule has 0 atom stereocenters. The molecule has 2 saturated heterocycles. The number of likely N-dealkylation sites (tertiary alicyclic amines) is 1. The van der Waals surface area contributed by atoms with Gasteiger partial charge in [-0.3, -0.25) is 4.79 Å². The molecule has 2 aliphatic rings. The molecule has 2 fully saturated rings. The van der Waals surface area contributed by atoms with Crippen LogP contribution in [0.5, 0.6) is 0 Å². The average Bonchev–Trinajstić information content (AvgIpc) is 2.47. The van der Waals surface area contributed by atoms with Gasteiger partial charge in [-0.1, -0.05) is 0 Å². The number of hydrogen-bond acceptors (Lipinski definition) is 6. The highest BCUT2D eigenvalue weighted by Crippen LogP contribution is 2.18. The Bertz CT molecular complexity index is 529. The monoisotopic (exact) mass is 295 g/mol. The summed E-state index contributed by atoms with van der Waals surface area (Å²) in [6.07, 6.45) is 1.11. The molecule has 0 saturated carbocycles.